The van der Waals surface area contributed by atoms with Crippen LogP contribution in [0.2, 0.25) is 0 Å². The van der Waals surface area contributed by atoms with E-state index < -0.39 is 0 Å². The molecule has 2 atom stereocenters. The summed E-state index contributed by atoms with van der Waals surface area (Å²) < 4.78 is 0. The third-order valence-electron chi connectivity index (χ3n) is 1.49. The van der Waals surface area contributed by atoms with Crippen LogP contribution in [0.25, 0.3) is 0 Å². The van der Waals surface area contributed by atoms with Crippen molar-refractivity contribution in [2.75, 3.05) is 6.54 Å². The SMILES string of the molecule is CCCC(C)SC(C)CN. The van der Waals surface area contributed by atoms with Crippen molar-refractivity contribution in [1.29, 1.82) is 0 Å². The summed E-state index contributed by atoms with van der Waals surface area (Å²) in [7, 11) is 0. The quantitative estimate of drug-likeness (QED) is 0.669. The van der Waals surface area contributed by atoms with Crippen LogP contribution in [0.5, 0.6) is 0 Å². The third kappa shape index (κ3) is 5.12. The molecule has 0 fully saturated rings. The van der Waals surface area contributed by atoms with Gasteiger partial charge in [0, 0.05) is 17.0 Å². The van der Waals surface area contributed by atoms with Crippen LogP contribution in [-0.2, 0) is 0 Å². The van der Waals surface area contributed by atoms with Gasteiger partial charge in [-0.05, 0) is 6.42 Å². The second kappa shape index (κ2) is 6.05. The monoisotopic (exact) mass is 161 g/mol. The summed E-state index contributed by atoms with van der Waals surface area (Å²) in [4.78, 5) is 0. The van der Waals surface area contributed by atoms with Crippen molar-refractivity contribution in [3.8, 4) is 0 Å². The molecule has 0 rings (SSSR count). The van der Waals surface area contributed by atoms with E-state index in [1.54, 1.807) is 0 Å². The van der Waals surface area contributed by atoms with Crippen molar-refractivity contribution in [3.05, 3.63) is 0 Å². The molecular formula is C8H19NS. The smallest absolute Gasteiger partial charge is 0.0144 e. The van der Waals surface area contributed by atoms with Crippen LogP contribution in [0.3, 0.4) is 0 Å². The average molecular weight is 161 g/mol. The second-order valence-corrected chi connectivity index (χ2v) is 4.66. The first-order valence-corrected chi connectivity index (χ1v) is 5.00. The topological polar surface area (TPSA) is 26.0 Å². The first-order valence-electron chi connectivity index (χ1n) is 4.06. The van der Waals surface area contributed by atoms with Crippen LogP contribution in [0.15, 0.2) is 0 Å². The van der Waals surface area contributed by atoms with Gasteiger partial charge in [-0.2, -0.15) is 11.8 Å². The molecule has 2 heteroatoms. The molecule has 0 aliphatic carbocycles. The van der Waals surface area contributed by atoms with Gasteiger partial charge >= 0.3 is 0 Å². The summed E-state index contributed by atoms with van der Waals surface area (Å²) in [5.41, 5.74) is 5.50. The Morgan fingerprint density at radius 2 is 1.90 bits per heavy atom. The fraction of sp³-hybridized carbons (Fsp3) is 1.00. The number of hydrogen-bond acceptors (Lipinski definition) is 2. The zero-order valence-electron chi connectivity index (χ0n) is 7.26. The van der Waals surface area contributed by atoms with Gasteiger partial charge in [0.25, 0.3) is 0 Å². The zero-order chi connectivity index (χ0) is 7.98. The van der Waals surface area contributed by atoms with E-state index in [0.717, 1.165) is 11.8 Å². The predicted octanol–water partition coefficient (Wildman–Crippen LogP) is 2.26. The molecule has 0 amide bonds. The molecule has 0 heterocycles. The number of thioether (sulfide) groups is 1. The van der Waals surface area contributed by atoms with Crippen LogP contribution in [0.4, 0.5) is 0 Å². The standard InChI is InChI=1S/C8H19NS/c1-4-5-7(2)10-8(3)6-9/h7-8H,4-6,9H2,1-3H3. The van der Waals surface area contributed by atoms with Crippen molar-refractivity contribution in [2.24, 2.45) is 5.73 Å². The number of hydrogen-bond donors (Lipinski definition) is 1. The Morgan fingerprint density at radius 3 is 2.30 bits per heavy atom. The van der Waals surface area contributed by atoms with Gasteiger partial charge in [0.05, 0.1) is 0 Å². The summed E-state index contributed by atoms with van der Waals surface area (Å²) in [6, 6.07) is 0. The van der Waals surface area contributed by atoms with Crippen LogP contribution in [0, 0.1) is 0 Å². The molecule has 0 aromatic rings. The second-order valence-electron chi connectivity index (χ2n) is 2.78. The lowest BCUT2D eigenvalue weighted by atomic mass is 10.3. The first-order chi connectivity index (χ1) is 4.70. The highest BCUT2D eigenvalue weighted by molar-refractivity contribution is 8.00. The van der Waals surface area contributed by atoms with Gasteiger partial charge in [0.1, 0.15) is 0 Å². The molecule has 10 heavy (non-hydrogen) atoms. The Labute approximate surface area is 68.8 Å². The molecule has 62 valence electrons. The molecule has 0 saturated heterocycles. The Bertz CT molecular complexity index is 75.7. The largest absolute Gasteiger partial charge is 0.329 e. The van der Waals surface area contributed by atoms with Gasteiger partial charge in [-0.1, -0.05) is 27.2 Å². The minimum Gasteiger partial charge on any atom is -0.329 e. The molecule has 0 radical (unpaired) electrons. The van der Waals surface area contributed by atoms with Crippen molar-refractivity contribution in [2.45, 2.75) is 44.1 Å². The maximum Gasteiger partial charge on any atom is 0.0144 e. The Kier molecular flexibility index (Phi) is 6.24. The summed E-state index contributed by atoms with van der Waals surface area (Å²) >= 11 is 2.00. The molecule has 2 unspecified atom stereocenters. The highest BCUT2D eigenvalue weighted by Gasteiger charge is 2.05. The molecule has 0 bridgehead atoms. The van der Waals surface area contributed by atoms with Gasteiger partial charge in [0.15, 0.2) is 0 Å². The first kappa shape index (κ1) is 10.3. The maximum absolute atomic E-state index is 5.50. The van der Waals surface area contributed by atoms with Crippen LogP contribution >= 0.6 is 11.8 Å². The van der Waals surface area contributed by atoms with E-state index in [9.17, 15) is 0 Å². The normalized spacial score (nSPS) is 16.8. The van der Waals surface area contributed by atoms with Crippen LogP contribution < -0.4 is 5.73 Å². The Balaban J connectivity index is 3.27. The summed E-state index contributed by atoms with van der Waals surface area (Å²) in [6.07, 6.45) is 2.60. The van der Waals surface area contributed by atoms with E-state index in [4.69, 9.17) is 5.73 Å². The third-order valence-corrected chi connectivity index (χ3v) is 2.85. The summed E-state index contributed by atoms with van der Waals surface area (Å²) in [5, 5.41) is 1.41. The zero-order valence-corrected chi connectivity index (χ0v) is 8.08. The van der Waals surface area contributed by atoms with Gasteiger partial charge in [-0.3, -0.25) is 0 Å². The van der Waals surface area contributed by atoms with E-state index in [1.807, 2.05) is 11.8 Å². The Hall–Kier alpha value is 0.310. The molecule has 0 aromatic heterocycles. The van der Waals surface area contributed by atoms with Gasteiger partial charge < -0.3 is 5.73 Å². The lowest BCUT2D eigenvalue weighted by Crippen LogP contribution is -2.15. The van der Waals surface area contributed by atoms with Gasteiger partial charge in [0.2, 0.25) is 0 Å². The summed E-state index contributed by atoms with van der Waals surface area (Å²) in [6.45, 7) is 7.50. The van der Waals surface area contributed by atoms with Crippen molar-refractivity contribution >= 4 is 11.8 Å². The molecule has 0 saturated carbocycles. The lowest BCUT2D eigenvalue weighted by molar-refractivity contribution is 0.780. The molecular weight excluding hydrogens is 142 g/mol. The Morgan fingerprint density at radius 1 is 1.30 bits per heavy atom. The fourth-order valence-electron chi connectivity index (χ4n) is 0.927. The predicted molar refractivity (Wildman–Crippen MR) is 50.5 cm³/mol. The number of nitrogens with two attached hydrogens (primary N) is 1. The van der Waals surface area contributed by atoms with E-state index in [-0.39, 0.29) is 0 Å². The van der Waals surface area contributed by atoms with E-state index >= 15 is 0 Å². The maximum atomic E-state index is 5.50. The minimum absolute atomic E-state index is 0.626. The molecule has 0 spiro atoms. The van der Waals surface area contributed by atoms with Crippen LogP contribution in [0.1, 0.15) is 33.6 Å². The molecule has 0 aliphatic rings. The lowest BCUT2D eigenvalue weighted by Gasteiger charge is -2.14. The van der Waals surface area contributed by atoms with E-state index in [0.29, 0.717) is 5.25 Å². The highest BCUT2D eigenvalue weighted by Crippen LogP contribution is 2.19. The average Bonchev–Trinajstić information content (AvgIpc) is 1.88. The van der Waals surface area contributed by atoms with Gasteiger partial charge in [-0.25, -0.2) is 0 Å². The van der Waals surface area contributed by atoms with E-state index in [2.05, 4.69) is 20.8 Å². The summed E-state index contributed by atoms with van der Waals surface area (Å²) in [5.74, 6) is 0. The van der Waals surface area contributed by atoms with Crippen LogP contribution in [-0.4, -0.2) is 17.0 Å². The number of rotatable bonds is 5. The van der Waals surface area contributed by atoms with Crippen molar-refractivity contribution < 1.29 is 0 Å². The molecule has 0 aliphatic heterocycles. The van der Waals surface area contributed by atoms with E-state index in [1.165, 1.54) is 12.8 Å². The minimum atomic E-state index is 0.626. The molecule has 0 aromatic carbocycles. The van der Waals surface area contributed by atoms with Crippen molar-refractivity contribution in [1.82, 2.24) is 0 Å². The molecule has 1 nitrogen and oxygen atoms in total. The van der Waals surface area contributed by atoms with Gasteiger partial charge in [-0.15, -0.1) is 0 Å². The highest BCUT2D eigenvalue weighted by atomic mass is 32.2. The fourth-order valence-corrected chi connectivity index (χ4v) is 2.20. The molecule has 2 N–H and O–H groups in total. The van der Waals surface area contributed by atoms with Crippen molar-refractivity contribution in [3.63, 3.8) is 0 Å².